The maximum absolute atomic E-state index is 13.2. The van der Waals surface area contributed by atoms with Crippen molar-refractivity contribution in [2.75, 3.05) is 0 Å². The van der Waals surface area contributed by atoms with Gasteiger partial charge in [0.1, 0.15) is 5.82 Å². The van der Waals surface area contributed by atoms with E-state index in [-0.39, 0.29) is 16.8 Å². The van der Waals surface area contributed by atoms with Crippen molar-refractivity contribution in [3.8, 4) is 11.6 Å². The molecule has 2 rings (SSSR count). The Kier molecular flexibility index (Phi) is 2.96. The molecule has 0 aliphatic rings. The van der Waals surface area contributed by atoms with Gasteiger partial charge in [-0.1, -0.05) is 11.6 Å². The fourth-order valence-corrected chi connectivity index (χ4v) is 1.18. The SMILES string of the molecule is Fc1ccc(F)c(Oc2cncc(Cl)n2)c1. The third-order valence-corrected chi connectivity index (χ3v) is 1.87. The van der Waals surface area contributed by atoms with E-state index in [0.29, 0.717) is 0 Å². The Morgan fingerprint density at radius 1 is 1.19 bits per heavy atom. The van der Waals surface area contributed by atoms with E-state index >= 15 is 0 Å². The van der Waals surface area contributed by atoms with E-state index in [2.05, 4.69) is 9.97 Å². The second-order valence-electron chi connectivity index (χ2n) is 2.86. The van der Waals surface area contributed by atoms with Gasteiger partial charge in [-0.25, -0.2) is 8.78 Å². The first-order valence-electron chi connectivity index (χ1n) is 4.25. The zero-order chi connectivity index (χ0) is 11.5. The molecule has 0 aliphatic heterocycles. The fraction of sp³-hybridized carbons (Fsp3) is 0. The molecule has 6 heteroatoms. The lowest BCUT2D eigenvalue weighted by Crippen LogP contribution is -1.92. The molecule has 0 spiro atoms. The Morgan fingerprint density at radius 3 is 2.75 bits per heavy atom. The zero-order valence-electron chi connectivity index (χ0n) is 7.82. The Hall–Kier alpha value is -1.75. The predicted molar refractivity (Wildman–Crippen MR) is 53.5 cm³/mol. The van der Waals surface area contributed by atoms with Crippen molar-refractivity contribution < 1.29 is 13.5 Å². The van der Waals surface area contributed by atoms with Crippen molar-refractivity contribution in [3.63, 3.8) is 0 Å². The van der Waals surface area contributed by atoms with Crippen molar-refractivity contribution in [2.24, 2.45) is 0 Å². The van der Waals surface area contributed by atoms with Gasteiger partial charge < -0.3 is 4.74 Å². The first-order chi connectivity index (χ1) is 7.65. The maximum atomic E-state index is 13.2. The average molecular weight is 243 g/mol. The second-order valence-corrected chi connectivity index (χ2v) is 3.24. The third-order valence-electron chi connectivity index (χ3n) is 1.69. The average Bonchev–Trinajstić information content (AvgIpc) is 2.24. The van der Waals surface area contributed by atoms with Crippen LogP contribution in [0.3, 0.4) is 0 Å². The van der Waals surface area contributed by atoms with E-state index in [1.807, 2.05) is 0 Å². The van der Waals surface area contributed by atoms with Gasteiger partial charge in [0, 0.05) is 6.07 Å². The van der Waals surface area contributed by atoms with E-state index in [0.717, 1.165) is 18.2 Å². The first kappa shape index (κ1) is 10.8. The number of benzene rings is 1. The third kappa shape index (κ3) is 2.43. The van der Waals surface area contributed by atoms with Gasteiger partial charge in [0.25, 0.3) is 0 Å². The molecule has 1 heterocycles. The van der Waals surface area contributed by atoms with Crippen molar-refractivity contribution in [1.82, 2.24) is 9.97 Å². The zero-order valence-corrected chi connectivity index (χ0v) is 8.58. The number of halogens is 3. The van der Waals surface area contributed by atoms with Crippen LogP contribution in [0.2, 0.25) is 5.15 Å². The molecule has 1 aromatic carbocycles. The lowest BCUT2D eigenvalue weighted by atomic mass is 10.3. The molecule has 0 N–H and O–H groups in total. The van der Waals surface area contributed by atoms with Crippen molar-refractivity contribution >= 4 is 11.6 Å². The normalized spacial score (nSPS) is 10.2. The van der Waals surface area contributed by atoms with Crippen molar-refractivity contribution in [3.05, 3.63) is 47.4 Å². The summed E-state index contributed by atoms with van der Waals surface area (Å²) in [6, 6.07) is 2.87. The molecular formula is C10H5ClF2N2O. The van der Waals surface area contributed by atoms with Gasteiger partial charge in [-0.2, -0.15) is 4.98 Å². The smallest absolute Gasteiger partial charge is 0.239 e. The molecule has 0 fully saturated rings. The molecule has 0 bridgehead atoms. The van der Waals surface area contributed by atoms with Crippen LogP contribution in [0, 0.1) is 11.6 Å². The van der Waals surface area contributed by atoms with E-state index in [1.165, 1.54) is 12.4 Å². The molecule has 0 saturated heterocycles. The molecule has 0 saturated carbocycles. The highest BCUT2D eigenvalue weighted by Gasteiger charge is 2.07. The Balaban J connectivity index is 2.30. The van der Waals surface area contributed by atoms with Gasteiger partial charge in [-0.15, -0.1) is 0 Å². The maximum Gasteiger partial charge on any atom is 0.239 e. The summed E-state index contributed by atoms with van der Waals surface area (Å²) < 4.78 is 31.0. The molecule has 1 aromatic heterocycles. The van der Waals surface area contributed by atoms with Crippen LogP contribution < -0.4 is 4.74 Å². The largest absolute Gasteiger partial charge is 0.434 e. The van der Waals surface area contributed by atoms with E-state index in [1.54, 1.807) is 0 Å². The Bertz CT molecular complexity index is 522. The molecular weight excluding hydrogens is 238 g/mol. The first-order valence-corrected chi connectivity index (χ1v) is 4.63. The van der Waals surface area contributed by atoms with Crippen LogP contribution in [0.25, 0.3) is 0 Å². The minimum atomic E-state index is -0.692. The summed E-state index contributed by atoms with van der Waals surface area (Å²) in [7, 11) is 0. The summed E-state index contributed by atoms with van der Waals surface area (Å²) in [5.74, 6) is -1.57. The summed E-state index contributed by atoms with van der Waals surface area (Å²) in [5.41, 5.74) is 0. The van der Waals surface area contributed by atoms with E-state index in [4.69, 9.17) is 16.3 Å². The highest BCUT2D eigenvalue weighted by atomic mass is 35.5. The van der Waals surface area contributed by atoms with E-state index < -0.39 is 11.6 Å². The number of aromatic nitrogens is 2. The van der Waals surface area contributed by atoms with Crippen LogP contribution in [0.5, 0.6) is 11.6 Å². The van der Waals surface area contributed by atoms with Gasteiger partial charge in [0.15, 0.2) is 16.7 Å². The minimum Gasteiger partial charge on any atom is -0.434 e. The molecule has 82 valence electrons. The molecule has 0 unspecified atom stereocenters. The van der Waals surface area contributed by atoms with Crippen LogP contribution in [0.1, 0.15) is 0 Å². The molecule has 0 aliphatic carbocycles. The number of ether oxygens (including phenoxy) is 1. The van der Waals surface area contributed by atoms with Gasteiger partial charge in [0.2, 0.25) is 5.88 Å². The van der Waals surface area contributed by atoms with E-state index in [9.17, 15) is 8.78 Å². The second kappa shape index (κ2) is 4.40. The molecule has 0 radical (unpaired) electrons. The molecule has 0 atom stereocenters. The fourth-order valence-electron chi connectivity index (χ4n) is 1.04. The molecule has 3 nitrogen and oxygen atoms in total. The Labute approximate surface area is 94.7 Å². The summed E-state index contributed by atoms with van der Waals surface area (Å²) in [5, 5.41) is 0.106. The molecule has 2 aromatic rings. The number of nitrogens with zero attached hydrogens (tertiary/aromatic N) is 2. The number of hydrogen-bond acceptors (Lipinski definition) is 3. The summed E-state index contributed by atoms with van der Waals surface area (Å²) in [6.45, 7) is 0. The quantitative estimate of drug-likeness (QED) is 0.811. The van der Waals surface area contributed by atoms with Crippen LogP contribution in [-0.4, -0.2) is 9.97 Å². The summed E-state index contributed by atoms with van der Waals surface area (Å²) >= 11 is 5.56. The molecule has 16 heavy (non-hydrogen) atoms. The van der Waals surface area contributed by atoms with Gasteiger partial charge in [-0.05, 0) is 12.1 Å². The predicted octanol–water partition coefficient (Wildman–Crippen LogP) is 3.20. The van der Waals surface area contributed by atoms with Crippen molar-refractivity contribution in [1.29, 1.82) is 0 Å². The number of rotatable bonds is 2. The number of hydrogen-bond donors (Lipinski definition) is 0. The van der Waals surface area contributed by atoms with Gasteiger partial charge in [-0.3, -0.25) is 4.98 Å². The Morgan fingerprint density at radius 2 is 2.00 bits per heavy atom. The summed E-state index contributed by atoms with van der Waals surface area (Å²) in [6.07, 6.45) is 2.55. The minimum absolute atomic E-state index is 0.00278. The standard InChI is InChI=1S/C10H5ClF2N2O/c11-9-4-14-5-10(15-9)16-8-3-6(12)1-2-7(8)13/h1-5H. The van der Waals surface area contributed by atoms with Crippen LogP contribution >= 0.6 is 11.6 Å². The van der Waals surface area contributed by atoms with Crippen LogP contribution in [-0.2, 0) is 0 Å². The monoisotopic (exact) mass is 242 g/mol. The van der Waals surface area contributed by atoms with Crippen LogP contribution in [0.15, 0.2) is 30.6 Å². The van der Waals surface area contributed by atoms with Crippen molar-refractivity contribution in [2.45, 2.75) is 0 Å². The lowest BCUT2D eigenvalue weighted by Gasteiger charge is -2.05. The highest BCUT2D eigenvalue weighted by molar-refractivity contribution is 6.29. The lowest BCUT2D eigenvalue weighted by molar-refractivity contribution is 0.420. The van der Waals surface area contributed by atoms with Gasteiger partial charge >= 0.3 is 0 Å². The highest BCUT2D eigenvalue weighted by Crippen LogP contribution is 2.23. The molecule has 0 amide bonds. The van der Waals surface area contributed by atoms with Crippen LogP contribution in [0.4, 0.5) is 8.78 Å². The van der Waals surface area contributed by atoms with Gasteiger partial charge in [0.05, 0.1) is 12.4 Å². The summed E-state index contributed by atoms with van der Waals surface area (Å²) in [4.78, 5) is 7.43. The topological polar surface area (TPSA) is 35.0 Å².